The van der Waals surface area contributed by atoms with E-state index in [1.807, 2.05) is 0 Å². The van der Waals surface area contributed by atoms with Gasteiger partial charge in [0.2, 0.25) is 5.76 Å². The number of rotatable bonds is 4. The highest BCUT2D eigenvalue weighted by Gasteiger charge is 2.21. The summed E-state index contributed by atoms with van der Waals surface area (Å²) in [6.45, 7) is 5.41. The van der Waals surface area contributed by atoms with Crippen LogP contribution in [0.2, 0.25) is 0 Å². The second-order valence-corrected chi connectivity index (χ2v) is 4.21. The Labute approximate surface area is 115 Å². The number of ether oxygens (including phenoxy) is 1. The largest absolute Gasteiger partial charge is 0.462 e. The van der Waals surface area contributed by atoms with Crippen LogP contribution < -0.4 is 5.32 Å². The smallest absolute Gasteiger partial charge is 0.342 e. The first kappa shape index (κ1) is 13.9. The van der Waals surface area contributed by atoms with Gasteiger partial charge in [-0.05, 0) is 20.8 Å². The van der Waals surface area contributed by atoms with Gasteiger partial charge in [-0.25, -0.2) is 4.79 Å². The van der Waals surface area contributed by atoms with Crippen LogP contribution in [0, 0.1) is 13.8 Å². The summed E-state index contributed by atoms with van der Waals surface area (Å²) in [7, 11) is 0. The van der Waals surface area contributed by atoms with E-state index >= 15 is 0 Å². The average Bonchev–Trinajstić information content (AvgIpc) is 2.96. The number of H-pyrrole nitrogens is 1. The van der Waals surface area contributed by atoms with E-state index in [0.717, 1.165) is 0 Å². The lowest BCUT2D eigenvalue weighted by Gasteiger charge is -2.06. The molecule has 0 unspecified atom stereocenters. The molecule has 2 N–H and O–H groups in total. The van der Waals surface area contributed by atoms with Gasteiger partial charge in [-0.15, -0.1) is 0 Å². The molecule has 0 radical (unpaired) electrons. The van der Waals surface area contributed by atoms with E-state index in [1.54, 1.807) is 20.8 Å². The molecule has 0 aliphatic heterocycles. The van der Waals surface area contributed by atoms with Crippen molar-refractivity contribution in [1.82, 2.24) is 10.1 Å². The summed E-state index contributed by atoms with van der Waals surface area (Å²) in [5.74, 6) is -0.848. The van der Waals surface area contributed by atoms with Gasteiger partial charge < -0.3 is 19.6 Å². The normalized spacial score (nSPS) is 10.3. The second-order valence-electron chi connectivity index (χ2n) is 4.21. The maximum atomic E-state index is 12.0. The number of nitrogens with one attached hydrogen (secondary N) is 2. The fourth-order valence-corrected chi connectivity index (χ4v) is 1.78. The minimum Gasteiger partial charge on any atom is -0.462 e. The van der Waals surface area contributed by atoms with Crippen LogP contribution in [0.5, 0.6) is 0 Å². The van der Waals surface area contributed by atoms with Crippen LogP contribution in [0.15, 0.2) is 16.9 Å². The summed E-state index contributed by atoms with van der Waals surface area (Å²) in [5, 5.41) is 6.15. The van der Waals surface area contributed by atoms with Crippen molar-refractivity contribution < 1.29 is 18.8 Å². The van der Waals surface area contributed by atoms with Gasteiger partial charge in [-0.1, -0.05) is 5.16 Å². The molecule has 0 aliphatic carbocycles. The van der Waals surface area contributed by atoms with Gasteiger partial charge >= 0.3 is 5.97 Å². The Morgan fingerprint density at radius 2 is 2.20 bits per heavy atom. The van der Waals surface area contributed by atoms with E-state index in [1.165, 1.54) is 12.4 Å². The zero-order valence-corrected chi connectivity index (χ0v) is 11.4. The van der Waals surface area contributed by atoms with Gasteiger partial charge in [0, 0.05) is 17.5 Å². The highest BCUT2D eigenvalue weighted by Crippen LogP contribution is 2.21. The molecule has 0 spiro atoms. The molecular formula is C13H15N3O4. The van der Waals surface area contributed by atoms with Crippen molar-refractivity contribution >= 4 is 17.6 Å². The van der Waals surface area contributed by atoms with Crippen LogP contribution in [-0.2, 0) is 4.74 Å². The molecule has 0 aromatic carbocycles. The molecule has 2 rings (SSSR count). The molecule has 2 heterocycles. The van der Waals surface area contributed by atoms with Crippen molar-refractivity contribution in [3.8, 4) is 0 Å². The number of amides is 1. The minimum atomic E-state index is -0.490. The van der Waals surface area contributed by atoms with Crippen molar-refractivity contribution in [2.45, 2.75) is 20.8 Å². The van der Waals surface area contributed by atoms with Crippen LogP contribution >= 0.6 is 0 Å². The first-order valence-electron chi connectivity index (χ1n) is 6.12. The minimum absolute atomic E-state index is 0.110. The van der Waals surface area contributed by atoms with E-state index in [0.29, 0.717) is 22.5 Å². The van der Waals surface area contributed by atoms with E-state index in [2.05, 4.69) is 15.5 Å². The average molecular weight is 277 g/mol. The summed E-state index contributed by atoms with van der Waals surface area (Å²) in [4.78, 5) is 26.8. The molecule has 20 heavy (non-hydrogen) atoms. The van der Waals surface area contributed by atoms with Crippen molar-refractivity contribution in [3.63, 3.8) is 0 Å². The van der Waals surface area contributed by atoms with E-state index in [9.17, 15) is 9.59 Å². The predicted octanol–water partition coefficient (Wildman–Crippen LogP) is 2.05. The summed E-state index contributed by atoms with van der Waals surface area (Å²) < 4.78 is 9.82. The number of esters is 1. The molecule has 7 heteroatoms. The van der Waals surface area contributed by atoms with Crippen molar-refractivity contribution in [3.05, 3.63) is 35.0 Å². The summed E-state index contributed by atoms with van der Waals surface area (Å²) in [6, 6.07) is 0. The highest BCUT2D eigenvalue weighted by atomic mass is 16.5. The van der Waals surface area contributed by atoms with E-state index in [4.69, 9.17) is 9.26 Å². The molecule has 2 aromatic rings. The number of aromatic nitrogens is 2. The highest BCUT2D eigenvalue weighted by molar-refractivity contribution is 6.07. The van der Waals surface area contributed by atoms with E-state index < -0.39 is 11.9 Å². The van der Waals surface area contributed by atoms with Crippen LogP contribution in [0.1, 0.15) is 39.1 Å². The van der Waals surface area contributed by atoms with E-state index in [-0.39, 0.29) is 12.4 Å². The Morgan fingerprint density at radius 1 is 1.45 bits per heavy atom. The van der Waals surface area contributed by atoms with Gasteiger partial charge in [-0.2, -0.15) is 0 Å². The Kier molecular flexibility index (Phi) is 3.88. The van der Waals surface area contributed by atoms with Crippen LogP contribution in [0.4, 0.5) is 5.69 Å². The molecular weight excluding hydrogens is 262 g/mol. The number of hydrogen-bond donors (Lipinski definition) is 2. The van der Waals surface area contributed by atoms with Crippen molar-refractivity contribution in [2.75, 3.05) is 11.9 Å². The molecule has 106 valence electrons. The maximum absolute atomic E-state index is 12.0. The van der Waals surface area contributed by atoms with Crippen LogP contribution in [-0.4, -0.2) is 28.6 Å². The van der Waals surface area contributed by atoms with Crippen molar-refractivity contribution in [2.24, 2.45) is 0 Å². The van der Waals surface area contributed by atoms with Crippen LogP contribution in [0.25, 0.3) is 0 Å². The number of hydrogen-bond acceptors (Lipinski definition) is 5. The third kappa shape index (κ3) is 2.56. The molecule has 1 amide bonds. The first-order chi connectivity index (χ1) is 9.54. The number of anilines is 1. The Hall–Kier alpha value is -2.57. The van der Waals surface area contributed by atoms with Gasteiger partial charge in [0.15, 0.2) is 0 Å². The monoisotopic (exact) mass is 277 g/mol. The predicted molar refractivity (Wildman–Crippen MR) is 70.7 cm³/mol. The molecule has 0 atom stereocenters. The zero-order valence-electron chi connectivity index (χ0n) is 11.4. The van der Waals surface area contributed by atoms with Gasteiger partial charge in [0.1, 0.15) is 5.56 Å². The summed E-state index contributed by atoms with van der Waals surface area (Å²) in [6.07, 6.45) is 2.98. The number of carbonyl (C=O) groups excluding carboxylic acids is 2. The lowest BCUT2D eigenvalue weighted by atomic mass is 10.2. The van der Waals surface area contributed by atoms with Gasteiger partial charge in [-0.3, -0.25) is 4.79 Å². The molecule has 0 saturated carbocycles. The number of aryl methyl sites for hydroxylation is 2. The third-order valence-corrected chi connectivity index (χ3v) is 2.76. The number of nitrogens with zero attached hydrogens (tertiary/aromatic N) is 1. The third-order valence-electron chi connectivity index (χ3n) is 2.76. The quantitative estimate of drug-likeness (QED) is 0.833. The summed E-state index contributed by atoms with van der Waals surface area (Å²) in [5.41, 5.74) is 1.89. The van der Waals surface area contributed by atoms with Gasteiger partial charge in [0.05, 0.1) is 18.5 Å². The maximum Gasteiger partial charge on any atom is 0.342 e. The topological polar surface area (TPSA) is 97.2 Å². The fraction of sp³-hybridized carbons (Fsp3) is 0.308. The molecule has 7 nitrogen and oxygen atoms in total. The molecule has 0 aliphatic rings. The van der Waals surface area contributed by atoms with Crippen molar-refractivity contribution in [1.29, 1.82) is 0 Å². The first-order valence-corrected chi connectivity index (χ1v) is 6.12. The fourth-order valence-electron chi connectivity index (χ4n) is 1.78. The molecule has 0 bridgehead atoms. The standard InChI is InChI=1S/C13H15N3O4/c1-4-19-13(18)10-8(3)14-6-9(10)16-12(17)11-7(2)5-15-20-11/h5-6,14H,4H2,1-3H3,(H,16,17). The second kappa shape index (κ2) is 5.60. The number of carbonyl (C=O) groups is 2. The Balaban J connectivity index is 2.24. The SMILES string of the molecule is CCOC(=O)c1c(NC(=O)c2oncc2C)c[nH]c1C. The summed E-state index contributed by atoms with van der Waals surface area (Å²) >= 11 is 0. The molecule has 0 fully saturated rings. The lowest BCUT2D eigenvalue weighted by molar-refractivity contribution is 0.0527. The Morgan fingerprint density at radius 3 is 2.80 bits per heavy atom. The number of aromatic amines is 1. The van der Waals surface area contributed by atoms with Gasteiger partial charge in [0.25, 0.3) is 5.91 Å². The Bertz CT molecular complexity index is 642. The van der Waals surface area contributed by atoms with Crippen LogP contribution in [0.3, 0.4) is 0 Å². The zero-order chi connectivity index (χ0) is 14.7. The molecule has 2 aromatic heterocycles. The lowest BCUT2D eigenvalue weighted by Crippen LogP contribution is -2.15. The molecule has 0 saturated heterocycles.